The summed E-state index contributed by atoms with van der Waals surface area (Å²) >= 11 is 12.4. The van der Waals surface area contributed by atoms with E-state index in [1.165, 1.54) is 6.42 Å². The van der Waals surface area contributed by atoms with Crippen LogP contribution in [0, 0.1) is 0 Å². The van der Waals surface area contributed by atoms with Gasteiger partial charge in [-0.1, -0.05) is 30.1 Å². The van der Waals surface area contributed by atoms with Crippen molar-refractivity contribution in [2.45, 2.75) is 32.4 Å². The molecular weight excluding hydrogens is 267 g/mol. The molecule has 0 aliphatic carbocycles. The van der Waals surface area contributed by atoms with E-state index in [1.807, 2.05) is 18.2 Å². The van der Waals surface area contributed by atoms with Gasteiger partial charge < -0.3 is 5.32 Å². The molecule has 18 heavy (non-hydrogen) atoms. The van der Waals surface area contributed by atoms with Gasteiger partial charge in [0.2, 0.25) is 0 Å². The van der Waals surface area contributed by atoms with Gasteiger partial charge in [-0.25, -0.2) is 0 Å². The highest BCUT2D eigenvalue weighted by atomic mass is 35.5. The minimum Gasteiger partial charge on any atom is -0.315 e. The lowest BCUT2D eigenvalue weighted by Crippen LogP contribution is -2.38. The minimum atomic E-state index is 0.297. The second-order valence-electron chi connectivity index (χ2n) is 4.82. The van der Waals surface area contributed by atoms with Gasteiger partial charge in [0.15, 0.2) is 0 Å². The highest BCUT2D eigenvalue weighted by Gasteiger charge is 2.26. The molecule has 2 nitrogen and oxygen atoms in total. The Bertz CT molecular complexity index is 403. The molecule has 2 atom stereocenters. The van der Waals surface area contributed by atoms with E-state index in [2.05, 4.69) is 24.1 Å². The van der Waals surface area contributed by atoms with E-state index < -0.39 is 0 Å². The van der Waals surface area contributed by atoms with E-state index in [-0.39, 0.29) is 0 Å². The molecule has 1 fully saturated rings. The summed E-state index contributed by atoms with van der Waals surface area (Å²) in [5.74, 6) is 0. The second kappa shape index (κ2) is 6.25. The van der Waals surface area contributed by atoms with Crippen LogP contribution < -0.4 is 5.32 Å². The van der Waals surface area contributed by atoms with Crippen molar-refractivity contribution in [3.63, 3.8) is 0 Å². The van der Waals surface area contributed by atoms with Gasteiger partial charge in [0.1, 0.15) is 0 Å². The molecule has 0 saturated carbocycles. The molecule has 1 aromatic rings. The van der Waals surface area contributed by atoms with Crippen LogP contribution >= 0.6 is 23.2 Å². The first-order valence-corrected chi connectivity index (χ1v) is 7.30. The lowest BCUT2D eigenvalue weighted by Gasteiger charge is -2.33. The molecule has 1 N–H and O–H groups in total. The topological polar surface area (TPSA) is 15.3 Å². The van der Waals surface area contributed by atoms with Crippen LogP contribution in [0.25, 0.3) is 0 Å². The molecule has 0 aromatic heterocycles. The molecule has 0 radical (unpaired) electrons. The summed E-state index contributed by atoms with van der Waals surface area (Å²) in [4.78, 5) is 2.50. The zero-order chi connectivity index (χ0) is 13.1. The van der Waals surface area contributed by atoms with E-state index in [9.17, 15) is 0 Å². The number of nitrogens with one attached hydrogen (secondary N) is 1. The van der Waals surface area contributed by atoms with Crippen LogP contribution in [0.3, 0.4) is 0 Å². The molecule has 0 spiro atoms. The lowest BCUT2D eigenvalue weighted by atomic mass is 10.0. The number of rotatable bonds is 4. The molecular formula is C14H20Cl2N2. The van der Waals surface area contributed by atoms with E-state index in [4.69, 9.17) is 23.2 Å². The molecule has 2 unspecified atom stereocenters. The molecule has 4 heteroatoms. The highest BCUT2D eigenvalue weighted by molar-refractivity contribution is 6.33. The average Bonchev–Trinajstić information content (AvgIpc) is 2.87. The molecule has 1 saturated heterocycles. The summed E-state index contributed by atoms with van der Waals surface area (Å²) < 4.78 is 0. The van der Waals surface area contributed by atoms with Crippen molar-refractivity contribution < 1.29 is 0 Å². The van der Waals surface area contributed by atoms with Gasteiger partial charge >= 0.3 is 0 Å². The fourth-order valence-electron chi connectivity index (χ4n) is 2.78. The number of hydrogen-bond donors (Lipinski definition) is 1. The zero-order valence-electron chi connectivity index (χ0n) is 10.9. The molecule has 1 aliphatic rings. The summed E-state index contributed by atoms with van der Waals surface area (Å²) in [6, 6.07) is 6.61. The largest absolute Gasteiger partial charge is 0.315 e. The van der Waals surface area contributed by atoms with Crippen molar-refractivity contribution in [2.24, 2.45) is 0 Å². The normalized spacial score (nSPS) is 21.5. The van der Waals surface area contributed by atoms with Gasteiger partial charge in [0.05, 0.1) is 0 Å². The Morgan fingerprint density at radius 1 is 1.44 bits per heavy atom. The van der Waals surface area contributed by atoms with Crippen molar-refractivity contribution in [2.75, 3.05) is 19.6 Å². The van der Waals surface area contributed by atoms with Crippen LogP contribution in [0.1, 0.15) is 31.9 Å². The van der Waals surface area contributed by atoms with E-state index in [0.717, 1.165) is 35.2 Å². The van der Waals surface area contributed by atoms with Crippen LogP contribution in [0.2, 0.25) is 10.0 Å². The number of likely N-dealkylation sites (N-methyl/N-ethyl adjacent to an activating group) is 1. The Labute approximate surface area is 119 Å². The van der Waals surface area contributed by atoms with Gasteiger partial charge in [-0.05, 0) is 50.2 Å². The second-order valence-corrected chi connectivity index (χ2v) is 5.66. The molecule has 0 amide bonds. The third-order valence-corrected chi connectivity index (χ3v) is 4.35. The van der Waals surface area contributed by atoms with Crippen molar-refractivity contribution in [3.8, 4) is 0 Å². The standard InChI is InChI=1S/C14H20Cl2N2/c1-3-18(12-6-7-17-9-12)10(2)13-8-11(15)4-5-14(13)16/h4-5,8,10,12,17H,3,6-7,9H2,1-2H3. The quantitative estimate of drug-likeness (QED) is 0.907. The summed E-state index contributed by atoms with van der Waals surface area (Å²) in [5.41, 5.74) is 1.12. The average molecular weight is 287 g/mol. The SMILES string of the molecule is CCN(C1CCNC1)C(C)c1cc(Cl)ccc1Cl. The highest BCUT2D eigenvalue weighted by Crippen LogP contribution is 2.31. The van der Waals surface area contributed by atoms with Crippen molar-refractivity contribution in [1.82, 2.24) is 10.2 Å². The third-order valence-electron chi connectivity index (χ3n) is 3.77. The van der Waals surface area contributed by atoms with Gasteiger partial charge in [-0.2, -0.15) is 0 Å². The fourth-order valence-corrected chi connectivity index (χ4v) is 3.24. The van der Waals surface area contributed by atoms with Gasteiger partial charge in [-0.3, -0.25) is 4.90 Å². The Kier molecular flexibility index (Phi) is 4.91. The van der Waals surface area contributed by atoms with Crippen LogP contribution in [0.15, 0.2) is 18.2 Å². The Balaban J connectivity index is 2.21. The monoisotopic (exact) mass is 286 g/mol. The maximum absolute atomic E-state index is 6.30. The molecule has 1 heterocycles. The number of nitrogens with zero attached hydrogens (tertiary/aromatic N) is 1. The fraction of sp³-hybridized carbons (Fsp3) is 0.571. The minimum absolute atomic E-state index is 0.297. The van der Waals surface area contributed by atoms with Crippen LogP contribution in [-0.4, -0.2) is 30.6 Å². The first-order chi connectivity index (χ1) is 8.63. The Morgan fingerprint density at radius 3 is 2.83 bits per heavy atom. The first-order valence-electron chi connectivity index (χ1n) is 6.55. The van der Waals surface area contributed by atoms with Crippen molar-refractivity contribution in [1.29, 1.82) is 0 Å². The number of halogens is 2. The Morgan fingerprint density at radius 2 is 2.22 bits per heavy atom. The van der Waals surface area contributed by atoms with Crippen LogP contribution in [-0.2, 0) is 0 Å². The predicted molar refractivity (Wildman–Crippen MR) is 78.5 cm³/mol. The van der Waals surface area contributed by atoms with Crippen LogP contribution in [0.4, 0.5) is 0 Å². The lowest BCUT2D eigenvalue weighted by molar-refractivity contribution is 0.163. The van der Waals surface area contributed by atoms with Crippen molar-refractivity contribution >= 4 is 23.2 Å². The summed E-state index contributed by atoms with van der Waals surface area (Å²) in [6.07, 6.45) is 1.20. The van der Waals surface area contributed by atoms with E-state index in [1.54, 1.807) is 0 Å². The maximum Gasteiger partial charge on any atom is 0.0454 e. The molecule has 1 aliphatic heterocycles. The molecule has 100 valence electrons. The number of hydrogen-bond acceptors (Lipinski definition) is 2. The van der Waals surface area contributed by atoms with E-state index in [0.29, 0.717) is 12.1 Å². The van der Waals surface area contributed by atoms with Gasteiger partial charge in [-0.15, -0.1) is 0 Å². The maximum atomic E-state index is 6.30. The number of benzene rings is 1. The van der Waals surface area contributed by atoms with Gasteiger partial charge in [0, 0.05) is 28.7 Å². The zero-order valence-corrected chi connectivity index (χ0v) is 12.4. The first kappa shape index (κ1) is 14.1. The summed E-state index contributed by atoms with van der Waals surface area (Å²) in [7, 11) is 0. The predicted octanol–water partition coefficient (Wildman–Crippen LogP) is 3.74. The smallest absolute Gasteiger partial charge is 0.0454 e. The Hall–Kier alpha value is -0.280. The van der Waals surface area contributed by atoms with E-state index >= 15 is 0 Å². The third kappa shape index (κ3) is 3.00. The van der Waals surface area contributed by atoms with Crippen molar-refractivity contribution in [3.05, 3.63) is 33.8 Å². The summed E-state index contributed by atoms with van der Waals surface area (Å²) in [5, 5.41) is 4.97. The molecule has 0 bridgehead atoms. The van der Waals surface area contributed by atoms with Gasteiger partial charge in [0.25, 0.3) is 0 Å². The summed E-state index contributed by atoms with van der Waals surface area (Å²) in [6.45, 7) is 7.61. The molecule has 1 aromatic carbocycles. The van der Waals surface area contributed by atoms with Crippen LogP contribution in [0.5, 0.6) is 0 Å². The molecule has 2 rings (SSSR count).